The lowest BCUT2D eigenvalue weighted by Crippen LogP contribution is -2.27. The van der Waals surface area contributed by atoms with Crippen LogP contribution in [0.5, 0.6) is 0 Å². The Labute approximate surface area is 87.7 Å². The lowest BCUT2D eigenvalue weighted by molar-refractivity contribution is -0.148. The van der Waals surface area contributed by atoms with Crippen molar-refractivity contribution in [3.8, 4) is 0 Å². The molecule has 0 saturated carbocycles. The first-order valence-electron chi connectivity index (χ1n) is 5.65. The molecule has 0 fully saturated rings. The normalized spacial score (nSPS) is 15.5. The highest BCUT2D eigenvalue weighted by atomic mass is 16.4. The monoisotopic (exact) mass is 200 g/mol. The minimum absolute atomic E-state index is 0.496. The van der Waals surface area contributed by atoms with Crippen molar-refractivity contribution in [2.45, 2.75) is 59.8 Å². The van der Waals surface area contributed by atoms with Crippen LogP contribution < -0.4 is 0 Å². The van der Waals surface area contributed by atoms with Gasteiger partial charge in [-0.05, 0) is 25.7 Å². The maximum Gasteiger partial charge on any atom is 0.309 e. The van der Waals surface area contributed by atoms with E-state index in [0.29, 0.717) is 5.92 Å². The van der Waals surface area contributed by atoms with Crippen LogP contribution in [-0.4, -0.2) is 11.1 Å². The zero-order chi connectivity index (χ0) is 11.2. The van der Waals surface area contributed by atoms with Crippen LogP contribution in [0.1, 0.15) is 59.8 Å². The molecule has 0 aromatic heterocycles. The molecular formula is C12H24O2. The molecule has 0 aliphatic carbocycles. The van der Waals surface area contributed by atoms with Crippen molar-refractivity contribution >= 4 is 5.97 Å². The minimum Gasteiger partial charge on any atom is -0.481 e. The second-order valence-electron chi connectivity index (χ2n) is 4.90. The number of rotatable bonds is 7. The van der Waals surface area contributed by atoms with E-state index in [1.54, 1.807) is 0 Å². The van der Waals surface area contributed by atoms with E-state index >= 15 is 0 Å². The fourth-order valence-electron chi connectivity index (χ4n) is 1.79. The Morgan fingerprint density at radius 1 is 1.36 bits per heavy atom. The van der Waals surface area contributed by atoms with Crippen LogP contribution in [0.2, 0.25) is 0 Å². The van der Waals surface area contributed by atoms with Gasteiger partial charge in [-0.1, -0.05) is 40.0 Å². The summed E-state index contributed by atoms with van der Waals surface area (Å²) in [6.07, 6.45) is 4.71. The summed E-state index contributed by atoms with van der Waals surface area (Å²) in [6, 6.07) is 0. The Balaban J connectivity index is 4.03. The summed E-state index contributed by atoms with van der Waals surface area (Å²) in [5.74, 6) is 0.0396. The van der Waals surface area contributed by atoms with E-state index in [-0.39, 0.29) is 0 Å². The standard InChI is InChI=1S/C12H24O2/c1-5-8-12(4,11(13)14)9-6-7-10(2)3/h10H,5-9H2,1-4H3,(H,13,14). The van der Waals surface area contributed by atoms with E-state index in [4.69, 9.17) is 5.11 Å². The molecule has 0 saturated heterocycles. The Hall–Kier alpha value is -0.530. The molecule has 0 aromatic rings. The third-order valence-electron chi connectivity index (χ3n) is 2.83. The van der Waals surface area contributed by atoms with Crippen LogP contribution >= 0.6 is 0 Å². The van der Waals surface area contributed by atoms with E-state index < -0.39 is 11.4 Å². The molecule has 1 N–H and O–H groups in total. The first-order chi connectivity index (χ1) is 6.42. The molecule has 0 rings (SSSR count). The number of hydrogen-bond donors (Lipinski definition) is 1. The molecule has 2 nitrogen and oxygen atoms in total. The quantitative estimate of drug-likeness (QED) is 0.680. The second-order valence-corrected chi connectivity index (χ2v) is 4.90. The van der Waals surface area contributed by atoms with Gasteiger partial charge in [-0.15, -0.1) is 0 Å². The van der Waals surface area contributed by atoms with Crippen LogP contribution in [0.4, 0.5) is 0 Å². The van der Waals surface area contributed by atoms with Gasteiger partial charge in [0.1, 0.15) is 0 Å². The molecule has 0 aliphatic heterocycles. The number of carbonyl (C=O) groups is 1. The molecular weight excluding hydrogens is 176 g/mol. The molecule has 0 bridgehead atoms. The van der Waals surface area contributed by atoms with Gasteiger partial charge in [-0.25, -0.2) is 0 Å². The molecule has 84 valence electrons. The average molecular weight is 200 g/mol. The zero-order valence-electron chi connectivity index (χ0n) is 9.97. The molecule has 0 spiro atoms. The molecule has 1 unspecified atom stereocenters. The van der Waals surface area contributed by atoms with Gasteiger partial charge in [0, 0.05) is 0 Å². The maximum absolute atomic E-state index is 11.1. The van der Waals surface area contributed by atoms with Crippen molar-refractivity contribution in [2.75, 3.05) is 0 Å². The van der Waals surface area contributed by atoms with Crippen LogP contribution in [0, 0.1) is 11.3 Å². The highest BCUT2D eigenvalue weighted by Gasteiger charge is 2.31. The summed E-state index contributed by atoms with van der Waals surface area (Å²) in [5, 5.41) is 9.13. The lowest BCUT2D eigenvalue weighted by atomic mass is 9.80. The highest BCUT2D eigenvalue weighted by Crippen LogP contribution is 2.30. The van der Waals surface area contributed by atoms with Gasteiger partial charge in [-0.3, -0.25) is 4.79 Å². The van der Waals surface area contributed by atoms with Crippen LogP contribution in [0.25, 0.3) is 0 Å². The fraction of sp³-hybridized carbons (Fsp3) is 0.917. The van der Waals surface area contributed by atoms with E-state index in [9.17, 15) is 4.79 Å². The summed E-state index contributed by atoms with van der Waals surface area (Å²) in [7, 11) is 0. The summed E-state index contributed by atoms with van der Waals surface area (Å²) in [4.78, 5) is 11.1. The maximum atomic E-state index is 11.1. The molecule has 1 atom stereocenters. The number of aliphatic carboxylic acids is 1. The Kier molecular flexibility index (Phi) is 5.82. The van der Waals surface area contributed by atoms with E-state index in [2.05, 4.69) is 13.8 Å². The van der Waals surface area contributed by atoms with Gasteiger partial charge in [0.05, 0.1) is 5.41 Å². The highest BCUT2D eigenvalue weighted by molar-refractivity contribution is 5.73. The van der Waals surface area contributed by atoms with Crippen LogP contribution in [-0.2, 0) is 4.79 Å². The average Bonchev–Trinajstić information content (AvgIpc) is 2.03. The first-order valence-corrected chi connectivity index (χ1v) is 5.65. The van der Waals surface area contributed by atoms with Crippen LogP contribution in [0.3, 0.4) is 0 Å². The summed E-state index contributed by atoms with van der Waals surface area (Å²) >= 11 is 0. The largest absolute Gasteiger partial charge is 0.481 e. The summed E-state index contributed by atoms with van der Waals surface area (Å²) in [5.41, 5.74) is -0.496. The smallest absolute Gasteiger partial charge is 0.309 e. The van der Waals surface area contributed by atoms with Gasteiger partial charge >= 0.3 is 5.97 Å². The van der Waals surface area contributed by atoms with Crippen molar-refractivity contribution < 1.29 is 9.90 Å². The number of hydrogen-bond acceptors (Lipinski definition) is 1. The summed E-state index contributed by atoms with van der Waals surface area (Å²) in [6.45, 7) is 8.28. The zero-order valence-corrected chi connectivity index (χ0v) is 9.97. The number of carboxylic acid groups (broad SMARTS) is 1. The van der Waals surface area contributed by atoms with Crippen molar-refractivity contribution in [2.24, 2.45) is 11.3 Å². The molecule has 0 amide bonds. The molecule has 14 heavy (non-hydrogen) atoms. The van der Waals surface area contributed by atoms with Crippen molar-refractivity contribution in [1.29, 1.82) is 0 Å². The van der Waals surface area contributed by atoms with Gasteiger partial charge in [0.2, 0.25) is 0 Å². The van der Waals surface area contributed by atoms with Gasteiger partial charge in [-0.2, -0.15) is 0 Å². The number of carboxylic acids is 1. The first kappa shape index (κ1) is 13.5. The predicted octanol–water partition coefficient (Wildman–Crippen LogP) is 3.70. The SMILES string of the molecule is CCCC(C)(CCCC(C)C)C(=O)O. The Morgan fingerprint density at radius 3 is 2.29 bits per heavy atom. The predicted molar refractivity (Wildman–Crippen MR) is 59.3 cm³/mol. The van der Waals surface area contributed by atoms with Gasteiger partial charge in [0.25, 0.3) is 0 Å². The van der Waals surface area contributed by atoms with E-state index in [1.807, 2.05) is 13.8 Å². The van der Waals surface area contributed by atoms with Crippen molar-refractivity contribution in [3.05, 3.63) is 0 Å². The third kappa shape index (κ3) is 4.64. The molecule has 0 aliphatic rings. The lowest BCUT2D eigenvalue weighted by Gasteiger charge is -2.24. The Bertz CT molecular complexity index is 175. The third-order valence-corrected chi connectivity index (χ3v) is 2.83. The van der Waals surface area contributed by atoms with E-state index in [0.717, 1.165) is 32.1 Å². The summed E-state index contributed by atoms with van der Waals surface area (Å²) < 4.78 is 0. The van der Waals surface area contributed by atoms with Gasteiger partial charge < -0.3 is 5.11 Å². The molecule has 2 heteroatoms. The van der Waals surface area contributed by atoms with Crippen molar-refractivity contribution in [3.63, 3.8) is 0 Å². The van der Waals surface area contributed by atoms with Crippen molar-refractivity contribution in [1.82, 2.24) is 0 Å². The molecule has 0 radical (unpaired) electrons. The second kappa shape index (κ2) is 6.05. The molecule has 0 heterocycles. The topological polar surface area (TPSA) is 37.3 Å². The van der Waals surface area contributed by atoms with Crippen LogP contribution in [0.15, 0.2) is 0 Å². The fourth-order valence-corrected chi connectivity index (χ4v) is 1.79. The van der Waals surface area contributed by atoms with E-state index in [1.165, 1.54) is 0 Å². The minimum atomic E-state index is -0.636. The van der Waals surface area contributed by atoms with Gasteiger partial charge in [0.15, 0.2) is 0 Å². The molecule has 0 aromatic carbocycles. The Morgan fingerprint density at radius 2 is 1.93 bits per heavy atom.